The first-order valence-electron chi connectivity index (χ1n) is 4.72. The van der Waals surface area contributed by atoms with Gasteiger partial charge in [0.25, 0.3) is 0 Å². The second-order valence-corrected chi connectivity index (χ2v) is 6.06. The zero-order chi connectivity index (χ0) is 12.2. The van der Waals surface area contributed by atoms with Gasteiger partial charge in [-0.05, 0) is 25.1 Å². The van der Waals surface area contributed by atoms with Gasteiger partial charge < -0.3 is 4.74 Å². The Bertz CT molecular complexity index is 447. The molecule has 0 saturated heterocycles. The number of ether oxygens (including phenoxy) is 1. The van der Waals surface area contributed by atoms with Crippen molar-refractivity contribution >= 4 is 26.0 Å². The molecule has 0 saturated carbocycles. The molecule has 16 heavy (non-hydrogen) atoms. The van der Waals surface area contributed by atoms with Gasteiger partial charge in [-0.25, -0.2) is 13.1 Å². The van der Waals surface area contributed by atoms with Crippen molar-refractivity contribution in [1.29, 1.82) is 0 Å². The first kappa shape index (κ1) is 13.6. The van der Waals surface area contributed by atoms with E-state index in [1.807, 2.05) is 0 Å². The maximum absolute atomic E-state index is 11.9. The van der Waals surface area contributed by atoms with Crippen molar-refractivity contribution in [2.24, 2.45) is 0 Å². The molecular weight excluding hydrogens is 294 g/mol. The highest BCUT2D eigenvalue weighted by atomic mass is 79.9. The molecule has 0 radical (unpaired) electrons. The number of methoxy groups -OCH3 is 1. The minimum absolute atomic E-state index is 0.241. The van der Waals surface area contributed by atoms with Crippen LogP contribution in [0.4, 0.5) is 0 Å². The van der Waals surface area contributed by atoms with Gasteiger partial charge in [0.15, 0.2) is 0 Å². The Morgan fingerprint density at radius 3 is 2.75 bits per heavy atom. The summed E-state index contributed by atoms with van der Waals surface area (Å²) in [6.07, 6.45) is 0. The van der Waals surface area contributed by atoms with Crippen LogP contribution in [0.3, 0.4) is 0 Å². The van der Waals surface area contributed by atoms with E-state index in [0.29, 0.717) is 6.61 Å². The van der Waals surface area contributed by atoms with E-state index in [-0.39, 0.29) is 10.9 Å². The van der Waals surface area contributed by atoms with Crippen LogP contribution in [0.2, 0.25) is 0 Å². The van der Waals surface area contributed by atoms with Crippen LogP contribution in [0.5, 0.6) is 0 Å². The summed E-state index contributed by atoms with van der Waals surface area (Å²) in [5.74, 6) is 0. The Hall–Kier alpha value is -0.430. The quantitative estimate of drug-likeness (QED) is 0.902. The van der Waals surface area contributed by atoms with Gasteiger partial charge >= 0.3 is 0 Å². The molecule has 0 aromatic heterocycles. The molecule has 4 nitrogen and oxygen atoms in total. The molecule has 1 aromatic rings. The number of nitrogens with one attached hydrogen (secondary N) is 1. The summed E-state index contributed by atoms with van der Waals surface area (Å²) < 4.78 is 31.9. The second kappa shape index (κ2) is 5.77. The molecule has 0 bridgehead atoms. The molecule has 0 heterocycles. The van der Waals surface area contributed by atoms with Gasteiger partial charge in [-0.1, -0.05) is 22.0 Å². The topological polar surface area (TPSA) is 55.4 Å². The summed E-state index contributed by atoms with van der Waals surface area (Å²) in [6, 6.07) is 6.31. The van der Waals surface area contributed by atoms with E-state index < -0.39 is 10.0 Å². The summed E-state index contributed by atoms with van der Waals surface area (Å²) >= 11 is 3.23. The lowest BCUT2D eigenvalue weighted by atomic mass is 10.4. The highest BCUT2D eigenvalue weighted by Crippen LogP contribution is 2.16. The minimum atomic E-state index is -3.46. The van der Waals surface area contributed by atoms with E-state index >= 15 is 0 Å². The lowest BCUT2D eigenvalue weighted by Crippen LogP contribution is -2.35. The number of benzene rings is 1. The van der Waals surface area contributed by atoms with Crippen molar-refractivity contribution in [2.75, 3.05) is 13.7 Å². The fourth-order valence-corrected chi connectivity index (χ4v) is 3.08. The monoisotopic (exact) mass is 307 g/mol. The van der Waals surface area contributed by atoms with Gasteiger partial charge in [-0.2, -0.15) is 0 Å². The molecule has 0 fully saturated rings. The molecule has 0 unspecified atom stereocenters. The molecule has 0 aliphatic heterocycles. The predicted molar refractivity (Wildman–Crippen MR) is 65.8 cm³/mol. The second-order valence-electron chi connectivity index (χ2n) is 3.44. The number of sulfonamides is 1. The number of hydrogen-bond donors (Lipinski definition) is 1. The third-order valence-electron chi connectivity index (χ3n) is 1.88. The molecule has 0 aliphatic rings. The number of rotatable bonds is 5. The first-order valence-corrected chi connectivity index (χ1v) is 7.00. The van der Waals surface area contributed by atoms with Gasteiger partial charge in [0, 0.05) is 17.6 Å². The Morgan fingerprint density at radius 2 is 2.19 bits per heavy atom. The van der Waals surface area contributed by atoms with E-state index in [9.17, 15) is 8.42 Å². The molecule has 0 amide bonds. The predicted octanol–water partition coefficient (Wildman–Crippen LogP) is 1.76. The standard InChI is InChI=1S/C10H14BrNO3S/c1-8(7-15-2)12-16(13,14)10-5-3-4-9(11)6-10/h3-6,8,12H,7H2,1-2H3/t8-/m1/s1. The summed E-state index contributed by atoms with van der Waals surface area (Å²) in [5.41, 5.74) is 0. The molecule has 1 N–H and O–H groups in total. The molecule has 0 aliphatic carbocycles. The first-order chi connectivity index (χ1) is 7.45. The third-order valence-corrected chi connectivity index (χ3v) is 3.96. The molecular formula is C10H14BrNO3S. The van der Waals surface area contributed by atoms with Crippen molar-refractivity contribution in [3.63, 3.8) is 0 Å². The number of hydrogen-bond acceptors (Lipinski definition) is 3. The Labute approximate surface area is 104 Å². The fourth-order valence-electron chi connectivity index (χ4n) is 1.25. The zero-order valence-electron chi connectivity index (χ0n) is 9.10. The number of halogens is 1. The van der Waals surface area contributed by atoms with Crippen LogP contribution >= 0.6 is 15.9 Å². The van der Waals surface area contributed by atoms with E-state index in [1.54, 1.807) is 31.2 Å². The fraction of sp³-hybridized carbons (Fsp3) is 0.400. The van der Waals surface area contributed by atoms with E-state index in [2.05, 4.69) is 20.7 Å². The van der Waals surface area contributed by atoms with Crippen molar-refractivity contribution in [2.45, 2.75) is 17.9 Å². The van der Waals surface area contributed by atoms with Gasteiger partial charge in [0.1, 0.15) is 0 Å². The van der Waals surface area contributed by atoms with Crippen molar-refractivity contribution < 1.29 is 13.2 Å². The maximum Gasteiger partial charge on any atom is 0.240 e. The van der Waals surface area contributed by atoms with Crippen LogP contribution < -0.4 is 4.72 Å². The van der Waals surface area contributed by atoms with E-state index in [1.165, 1.54) is 7.11 Å². The van der Waals surface area contributed by atoms with Crippen LogP contribution in [0.25, 0.3) is 0 Å². The Morgan fingerprint density at radius 1 is 1.50 bits per heavy atom. The molecule has 6 heteroatoms. The summed E-state index contributed by atoms with van der Waals surface area (Å²) in [4.78, 5) is 0.241. The van der Waals surface area contributed by atoms with Crippen LogP contribution in [0, 0.1) is 0 Å². The van der Waals surface area contributed by atoms with Gasteiger partial charge in [-0.15, -0.1) is 0 Å². The maximum atomic E-state index is 11.9. The molecule has 90 valence electrons. The highest BCUT2D eigenvalue weighted by Gasteiger charge is 2.17. The normalized spacial score (nSPS) is 13.7. The average molecular weight is 308 g/mol. The van der Waals surface area contributed by atoms with E-state index in [0.717, 1.165) is 4.47 Å². The smallest absolute Gasteiger partial charge is 0.240 e. The van der Waals surface area contributed by atoms with Gasteiger partial charge in [0.05, 0.1) is 11.5 Å². The average Bonchev–Trinajstić information content (AvgIpc) is 2.17. The lowest BCUT2D eigenvalue weighted by Gasteiger charge is -2.13. The van der Waals surface area contributed by atoms with Crippen molar-refractivity contribution in [1.82, 2.24) is 4.72 Å². The zero-order valence-corrected chi connectivity index (χ0v) is 11.5. The van der Waals surface area contributed by atoms with E-state index in [4.69, 9.17) is 4.74 Å². The minimum Gasteiger partial charge on any atom is -0.383 e. The SMILES string of the molecule is COC[C@@H](C)NS(=O)(=O)c1cccc(Br)c1. The summed E-state index contributed by atoms with van der Waals surface area (Å²) in [6.45, 7) is 2.09. The van der Waals surface area contributed by atoms with Crippen LogP contribution in [-0.4, -0.2) is 28.2 Å². The summed E-state index contributed by atoms with van der Waals surface area (Å²) in [7, 11) is -1.93. The molecule has 1 aromatic carbocycles. The Balaban J connectivity index is 2.86. The van der Waals surface area contributed by atoms with Gasteiger partial charge in [-0.3, -0.25) is 0 Å². The molecule has 1 rings (SSSR count). The largest absolute Gasteiger partial charge is 0.383 e. The van der Waals surface area contributed by atoms with Crippen LogP contribution in [0.1, 0.15) is 6.92 Å². The van der Waals surface area contributed by atoms with Crippen molar-refractivity contribution in [3.05, 3.63) is 28.7 Å². The lowest BCUT2D eigenvalue weighted by molar-refractivity contribution is 0.180. The highest BCUT2D eigenvalue weighted by molar-refractivity contribution is 9.10. The van der Waals surface area contributed by atoms with Crippen molar-refractivity contribution in [3.8, 4) is 0 Å². The summed E-state index contributed by atoms with van der Waals surface area (Å²) in [5, 5.41) is 0. The molecule has 1 atom stereocenters. The van der Waals surface area contributed by atoms with Crippen LogP contribution in [-0.2, 0) is 14.8 Å². The Kier molecular flexibility index (Phi) is 4.91. The third kappa shape index (κ3) is 3.86. The van der Waals surface area contributed by atoms with Crippen LogP contribution in [0.15, 0.2) is 33.6 Å². The van der Waals surface area contributed by atoms with Gasteiger partial charge in [0.2, 0.25) is 10.0 Å². The molecule has 0 spiro atoms.